The molecule has 8 heteroatoms. The van der Waals surface area contributed by atoms with E-state index < -0.39 is 6.03 Å². The highest BCUT2D eigenvalue weighted by Gasteiger charge is 2.22. The van der Waals surface area contributed by atoms with Gasteiger partial charge in [0.25, 0.3) is 5.56 Å². The van der Waals surface area contributed by atoms with Crippen molar-refractivity contribution in [3.63, 3.8) is 0 Å². The third kappa shape index (κ3) is 4.46. The van der Waals surface area contributed by atoms with Crippen LogP contribution in [-0.2, 0) is 5.41 Å². The number of aryl methyl sites for hydroxylation is 2. The van der Waals surface area contributed by atoms with Crippen LogP contribution in [0.1, 0.15) is 37.7 Å². The zero-order chi connectivity index (χ0) is 20.5. The van der Waals surface area contributed by atoms with Gasteiger partial charge in [-0.3, -0.25) is 15.1 Å². The molecule has 0 saturated carbocycles. The Balaban J connectivity index is 1.96. The Hall–Kier alpha value is -3.42. The Labute approximate surface area is 163 Å². The summed E-state index contributed by atoms with van der Waals surface area (Å²) >= 11 is 0. The van der Waals surface area contributed by atoms with E-state index in [1.165, 1.54) is 10.7 Å². The summed E-state index contributed by atoms with van der Waals surface area (Å²) in [6, 6.07) is 10.3. The van der Waals surface area contributed by atoms with Gasteiger partial charge in [0.1, 0.15) is 5.82 Å². The second-order valence-electron chi connectivity index (χ2n) is 7.74. The van der Waals surface area contributed by atoms with Gasteiger partial charge in [-0.1, -0.05) is 32.9 Å². The summed E-state index contributed by atoms with van der Waals surface area (Å²) in [5.74, 6) is 0.648. The number of nitrogens with one attached hydrogen (secondary N) is 3. The van der Waals surface area contributed by atoms with Crippen molar-refractivity contribution in [3.05, 3.63) is 63.7 Å². The van der Waals surface area contributed by atoms with Crippen molar-refractivity contribution in [1.82, 2.24) is 19.7 Å². The van der Waals surface area contributed by atoms with Crippen LogP contribution in [-0.4, -0.2) is 25.8 Å². The summed E-state index contributed by atoms with van der Waals surface area (Å²) in [7, 11) is 0. The van der Waals surface area contributed by atoms with Crippen molar-refractivity contribution >= 4 is 17.5 Å². The van der Waals surface area contributed by atoms with Crippen LogP contribution in [0, 0.1) is 13.8 Å². The first kappa shape index (κ1) is 19.3. The first-order chi connectivity index (χ1) is 13.1. The number of benzene rings is 1. The summed E-state index contributed by atoms with van der Waals surface area (Å²) in [6.07, 6.45) is 0. The zero-order valence-corrected chi connectivity index (χ0v) is 16.6. The van der Waals surface area contributed by atoms with E-state index in [0.29, 0.717) is 17.2 Å². The van der Waals surface area contributed by atoms with Gasteiger partial charge in [0, 0.05) is 28.9 Å². The minimum atomic E-state index is -0.415. The highest BCUT2D eigenvalue weighted by Crippen LogP contribution is 2.25. The largest absolute Gasteiger partial charge is 0.324 e. The van der Waals surface area contributed by atoms with Gasteiger partial charge < -0.3 is 5.32 Å². The Bertz CT molecular complexity index is 1070. The second kappa shape index (κ2) is 7.30. The van der Waals surface area contributed by atoms with Crippen molar-refractivity contribution in [3.8, 4) is 5.95 Å². The maximum absolute atomic E-state index is 12.5. The van der Waals surface area contributed by atoms with Crippen LogP contribution in [0.5, 0.6) is 0 Å². The molecule has 2 amide bonds. The average molecular weight is 380 g/mol. The van der Waals surface area contributed by atoms with Gasteiger partial charge in [0.2, 0.25) is 5.95 Å². The Morgan fingerprint density at radius 2 is 1.86 bits per heavy atom. The van der Waals surface area contributed by atoms with Gasteiger partial charge in [-0.05, 0) is 31.5 Å². The standard InChI is InChI=1S/C20H24N6O2/c1-12-7-6-8-14(9-12)22-19(28)23-16-11-15(20(3,4)5)25-26(16)18-21-13(2)10-17(27)24-18/h6-11H,1-5H3,(H,21,24,27)(H2,22,23,28). The number of H-pyrrole nitrogens is 1. The van der Waals surface area contributed by atoms with Crippen LogP contribution in [0.25, 0.3) is 5.95 Å². The highest BCUT2D eigenvalue weighted by atomic mass is 16.2. The van der Waals surface area contributed by atoms with Crippen molar-refractivity contribution in [1.29, 1.82) is 0 Å². The predicted molar refractivity (Wildman–Crippen MR) is 109 cm³/mol. The van der Waals surface area contributed by atoms with Gasteiger partial charge in [-0.15, -0.1) is 0 Å². The summed E-state index contributed by atoms with van der Waals surface area (Å²) < 4.78 is 1.44. The fourth-order valence-electron chi connectivity index (χ4n) is 2.66. The molecule has 0 fully saturated rings. The van der Waals surface area contributed by atoms with E-state index in [4.69, 9.17) is 0 Å². The second-order valence-corrected chi connectivity index (χ2v) is 7.74. The number of hydrogen-bond donors (Lipinski definition) is 3. The van der Waals surface area contributed by atoms with Gasteiger partial charge in [0.05, 0.1) is 5.69 Å². The summed E-state index contributed by atoms with van der Waals surface area (Å²) in [5.41, 5.74) is 2.49. The predicted octanol–water partition coefficient (Wildman–Crippen LogP) is 3.51. The van der Waals surface area contributed by atoms with Crippen LogP contribution >= 0.6 is 0 Å². The molecule has 146 valence electrons. The lowest BCUT2D eigenvalue weighted by atomic mass is 9.92. The SMILES string of the molecule is Cc1cccc(NC(=O)Nc2cc(C(C)(C)C)nn2-c2nc(C)cc(=O)[nH]2)c1. The van der Waals surface area contributed by atoms with Crippen LogP contribution in [0.4, 0.5) is 16.3 Å². The molecular weight excluding hydrogens is 356 g/mol. The molecule has 2 aromatic heterocycles. The van der Waals surface area contributed by atoms with Gasteiger partial charge in [-0.2, -0.15) is 9.78 Å². The maximum Gasteiger partial charge on any atom is 0.324 e. The van der Waals surface area contributed by atoms with E-state index in [1.807, 2.05) is 52.0 Å². The molecule has 3 N–H and O–H groups in total. The summed E-state index contributed by atoms with van der Waals surface area (Å²) in [4.78, 5) is 31.4. The number of aromatic nitrogens is 4. The Morgan fingerprint density at radius 1 is 1.11 bits per heavy atom. The molecule has 0 aliphatic rings. The molecular formula is C20H24N6O2. The Morgan fingerprint density at radius 3 is 2.50 bits per heavy atom. The molecule has 0 unspecified atom stereocenters. The molecule has 8 nitrogen and oxygen atoms in total. The maximum atomic E-state index is 12.5. The molecule has 1 aromatic carbocycles. The molecule has 28 heavy (non-hydrogen) atoms. The van der Waals surface area contributed by atoms with E-state index in [2.05, 4.69) is 25.7 Å². The number of aromatic amines is 1. The van der Waals surface area contributed by atoms with Crippen molar-refractivity contribution < 1.29 is 4.79 Å². The number of anilines is 2. The van der Waals surface area contributed by atoms with E-state index in [1.54, 1.807) is 13.0 Å². The van der Waals surface area contributed by atoms with Crippen molar-refractivity contribution in [2.45, 2.75) is 40.0 Å². The molecule has 0 spiro atoms. The quantitative estimate of drug-likeness (QED) is 0.646. The number of nitrogens with zero attached hydrogens (tertiary/aromatic N) is 3. The number of amides is 2. The molecule has 0 radical (unpaired) electrons. The first-order valence-corrected chi connectivity index (χ1v) is 8.95. The number of rotatable bonds is 3. The number of urea groups is 1. The normalized spacial score (nSPS) is 11.3. The van der Waals surface area contributed by atoms with Crippen LogP contribution in [0.2, 0.25) is 0 Å². The third-order valence-corrected chi connectivity index (χ3v) is 4.05. The first-order valence-electron chi connectivity index (χ1n) is 8.95. The van der Waals surface area contributed by atoms with Gasteiger partial charge >= 0.3 is 6.03 Å². The minimum absolute atomic E-state index is 0.242. The minimum Gasteiger partial charge on any atom is -0.308 e. The van der Waals surface area contributed by atoms with E-state index in [9.17, 15) is 9.59 Å². The molecule has 0 atom stereocenters. The number of hydrogen-bond acceptors (Lipinski definition) is 4. The number of carbonyl (C=O) groups is 1. The van der Waals surface area contributed by atoms with Crippen LogP contribution in [0.3, 0.4) is 0 Å². The lowest BCUT2D eigenvalue weighted by Crippen LogP contribution is -2.22. The van der Waals surface area contributed by atoms with E-state index in [0.717, 1.165) is 11.3 Å². The van der Waals surface area contributed by atoms with E-state index in [-0.39, 0.29) is 16.9 Å². The van der Waals surface area contributed by atoms with Crippen molar-refractivity contribution in [2.24, 2.45) is 0 Å². The smallest absolute Gasteiger partial charge is 0.308 e. The van der Waals surface area contributed by atoms with E-state index >= 15 is 0 Å². The fourth-order valence-corrected chi connectivity index (χ4v) is 2.66. The Kier molecular flexibility index (Phi) is 5.04. The lowest BCUT2D eigenvalue weighted by molar-refractivity contribution is 0.262. The topological polar surface area (TPSA) is 105 Å². The third-order valence-electron chi connectivity index (χ3n) is 4.05. The fraction of sp³-hybridized carbons (Fsp3) is 0.300. The van der Waals surface area contributed by atoms with Crippen molar-refractivity contribution in [2.75, 3.05) is 10.6 Å². The molecule has 2 heterocycles. The molecule has 3 rings (SSSR count). The molecule has 0 bridgehead atoms. The molecule has 0 saturated heterocycles. The number of carbonyl (C=O) groups excluding carboxylic acids is 1. The lowest BCUT2D eigenvalue weighted by Gasteiger charge is -2.13. The summed E-state index contributed by atoms with van der Waals surface area (Å²) in [5, 5.41) is 10.1. The zero-order valence-electron chi connectivity index (χ0n) is 16.6. The molecule has 0 aliphatic heterocycles. The summed E-state index contributed by atoms with van der Waals surface area (Å²) in [6.45, 7) is 9.73. The molecule has 0 aliphatic carbocycles. The van der Waals surface area contributed by atoms with Crippen LogP contribution in [0.15, 0.2) is 41.2 Å². The average Bonchev–Trinajstić information content (AvgIpc) is 2.98. The van der Waals surface area contributed by atoms with Crippen LogP contribution < -0.4 is 16.2 Å². The van der Waals surface area contributed by atoms with Gasteiger partial charge in [-0.25, -0.2) is 9.78 Å². The monoisotopic (exact) mass is 380 g/mol. The highest BCUT2D eigenvalue weighted by molar-refractivity contribution is 5.99. The molecule has 3 aromatic rings. The van der Waals surface area contributed by atoms with Gasteiger partial charge in [0.15, 0.2) is 0 Å².